The fraction of sp³-hybridized carbons (Fsp3) is 0.333. The molecule has 1 heterocycles. The van der Waals surface area contributed by atoms with Crippen LogP contribution < -0.4 is 5.32 Å². The summed E-state index contributed by atoms with van der Waals surface area (Å²) in [6.45, 7) is 5.46. The minimum Gasteiger partial charge on any atom is -0.384 e. The van der Waals surface area contributed by atoms with E-state index in [0.717, 1.165) is 6.54 Å². The van der Waals surface area contributed by atoms with Gasteiger partial charge in [-0.2, -0.15) is 0 Å². The van der Waals surface area contributed by atoms with Gasteiger partial charge in [0.15, 0.2) is 0 Å². The molecule has 1 aliphatic heterocycles. The summed E-state index contributed by atoms with van der Waals surface area (Å²) in [7, 11) is 0. The Balaban J connectivity index is 2.48. The highest BCUT2D eigenvalue weighted by Crippen LogP contribution is 2.27. The molecule has 0 amide bonds. The molecule has 1 aliphatic rings. The Morgan fingerprint density at radius 2 is 2.08 bits per heavy atom. The van der Waals surface area contributed by atoms with Crippen molar-refractivity contribution in [1.82, 2.24) is 0 Å². The van der Waals surface area contributed by atoms with Crippen LogP contribution in [-0.2, 0) is 0 Å². The number of nitrogens with one attached hydrogen (secondary N) is 1. The average molecular weight is 173 g/mol. The average Bonchev–Trinajstić information content (AvgIpc) is 2.27. The lowest BCUT2D eigenvalue weighted by Gasteiger charge is -2.08. The van der Waals surface area contributed by atoms with Gasteiger partial charge in [-0.3, -0.25) is 0 Å². The number of hydrogen-bond acceptors (Lipinski definition) is 1. The van der Waals surface area contributed by atoms with E-state index < -0.39 is 0 Å². The van der Waals surface area contributed by atoms with Gasteiger partial charge in [0.05, 0.1) is 0 Å². The summed E-state index contributed by atoms with van der Waals surface area (Å²) in [6.07, 6.45) is 2.33. The van der Waals surface area contributed by atoms with Crippen molar-refractivity contribution in [2.75, 3.05) is 11.9 Å². The normalized spacial score (nSPS) is 21.1. The number of anilines is 1. The van der Waals surface area contributed by atoms with Gasteiger partial charge in [0.2, 0.25) is 0 Å². The van der Waals surface area contributed by atoms with E-state index in [2.05, 4.69) is 49.5 Å². The molecule has 1 heteroatoms. The highest BCUT2D eigenvalue weighted by Gasteiger charge is 2.09. The Labute approximate surface area is 79.5 Å². The van der Waals surface area contributed by atoms with E-state index in [1.807, 2.05) is 0 Å². The Hall–Kier alpha value is -1.24. The zero-order chi connectivity index (χ0) is 9.26. The second-order valence-corrected chi connectivity index (χ2v) is 3.75. The maximum atomic E-state index is 3.45. The third kappa shape index (κ3) is 1.59. The van der Waals surface area contributed by atoms with Crippen LogP contribution in [0.3, 0.4) is 0 Å². The van der Waals surface area contributed by atoms with Crippen LogP contribution in [0.4, 0.5) is 5.69 Å². The van der Waals surface area contributed by atoms with Crippen LogP contribution in [0.2, 0.25) is 0 Å². The molecule has 0 fully saturated rings. The number of fused-ring (bicyclic) bond motifs is 1. The third-order valence-electron chi connectivity index (χ3n) is 2.50. The zero-order valence-electron chi connectivity index (χ0n) is 8.17. The van der Waals surface area contributed by atoms with Gasteiger partial charge in [0.1, 0.15) is 0 Å². The van der Waals surface area contributed by atoms with Crippen LogP contribution in [0.15, 0.2) is 30.3 Å². The summed E-state index contributed by atoms with van der Waals surface area (Å²) in [5.74, 6) is 0.618. The topological polar surface area (TPSA) is 12.0 Å². The molecule has 0 aliphatic carbocycles. The minimum absolute atomic E-state index is 0.618. The Bertz CT molecular complexity index is 339. The van der Waals surface area contributed by atoms with Crippen molar-refractivity contribution < 1.29 is 0 Å². The third-order valence-corrected chi connectivity index (χ3v) is 2.50. The van der Waals surface area contributed by atoms with Gasteiger partial charge in [-0.1, -0.05) is 31.2 Å². The van der Waals surface area contributed by atoms with E-state index in [0.29, 0.717) is 5.92 Å². The van der Waals surface area contributed by atoms with Crippen molar-refractivity contribution in [3.63, 3.8) is 0 Å². The van der Waals surface area contributed by atoms with Crippen molar-refractivity contribution in [2.45, 2.75) is 13.8 Å². The van der Waals surface area contributed by atoms with E-state index in [9.17, 15) is 0 Å². The Morgan fingerprint density at radius 3 is 2.92 bits per heavy atom. The second kappa shape index (κ2) is 3.25. The molecule has 1 unspecified atom stereocenters. The quantitative estimate of drug-likeness (QED) is 0.635. The van der Waals surface area contributed by atoms with Crippen LogP contribution in [-0.4, -0.2) is 6.54 Å². The maximum absolute atomic E-state index is 3.45. The van der Waals surface area contributed by atoms with Crippen molar-refractivity contribution in [3.8, 4) is 0 Å². The molecule has 1 nitrogen and oxygen atoms in total. The smallest absolute Gasteiger partial charge is 0.0416 e. The number of para-hydroxylation sites is 1. The maximum Gasteiger partial charge on any atom is 0.0416 e. The van der Waals surface area contributed by atoms with E-state index >= 15 is 0 Å². The van der Waals surface area contributed by atoms with E-state index in [1.165, 1.54) is 16.8 Å². The fourth-order valence-corrected chi connectivity index (χ4v) is 1.83. The summed E-state index contributed by atoms with van der Waals surface area (Å²) in [5.41, 5.74) is 3.99. The van der Waals surface area contributed by atoms with Gasteiger partial charge < -0.3 is 5.32 Å². The van der Waals surface area contributed by atoms with Gasteiger partial charge in [-0.15, -0.1) is 0 Å². The molecule has 0 radical (unpaired) electrons. The van der Waals surface area contributed by atoms with E-state index in [1.54, 1.807) is 0 Å². The van der Waals surface area contributed by atoms with Crippen LogP contribution in [0.25, 0.3) is 5.57 Å². The molecular formula is C12H15N. The molecule has 0 saturated carbocycles. The summed E-state index contributed by atoms with van der Waals surface area (Å²) < 4.78 is 0. The first-order valence-electron chi connectivity index (χ1n) is 4.79. The van der Waals surface area contributed by atoms with Gasteiger partial charge in [0, 0.05) is 17.8 Å². The highest BCUT2D eigenvalue weighted by atomic mass is 14.9. The zero-order valence-corrected chi connectivity index (χ0v) is 8.17. The highest BCUT2D eigenvalue weighted by molar-refractivity contribution is 5.76. The largest absolute Gasteiger partial charge is 0.384 e. The van der Waals surface area contributed by atoms with E-state index in [-0.39, 0.29) is 0 Å². The predicted octanol–water partition coefficient (Wildman–Crippen LogP) is 3.15. The molecule has 1 N–H and O–H groups in total. The number of hydrogen-bond donors (Lipinski definition) is 1. The molecule has 1 atom stereocenters. The first-order chi connectivity index (χ1) is 6.27. The van der Waals surface area contributed by atoms with Gasteiger partial charge >= 0.3 is 0 Å². The molecule has 0 aromatic heterocycles. The second-order valence-electron chi connectivity index (χ2n) is 3.75. The lowest BCUT2D eigenvalue weighted by Crippen LogP contribution is -2.07. The van der Waals surface area contributed by atoms with Crippen LogP contribution in [0.1, 0.15) is 19.4 Å². The van der Waals surface area contributed by atoms with Gasteiger partial charge in [-0.05, 0) is 24.5 Å². The van der Waals surface area contributed by atoms with Crippen LogP contribution >= 0.6 is 0 Å². The molecule has 0 saturated heterocycles. The number of benzene rings is 1. The molecule has 2 rings (SSSR count). The van der Waals surface area contributed by atoms with Crippen molar-refractivity contribution in [1.29, 1.82) is 0 Å². The first-order valence-corrected chi connectivity index (χ1v) is 4.79. The van der Waals surface area contributed by atoms with Gasteiger partial charge in [-0.25, -0.2) is 0 Å². The Morgan fingerprint density at radius 1 is 1.31 bits per heavy atom. The number of rotatable bonds is 0. The molecule has 0 spiro atoms. The van der Waals surface area contributed by atoms with Crippen LogP contribution in [0.5, 0.6) is 0 Å². The lowest BCUT2D eigenvalue weighted by molar-refractivity contribution is 0.776. The summed E-state index contributed by atoms with van der Waals surface area (Å²) in [5, 5.41) is 3.45. The van der Waals surface area contributed by atoms with Crippen molar-refractivity contribution >= 4 is 11.3 Å². The molecule has 0 bridgehead atoms. The minimum atomic E-state index is 0.618. The fourth-order valence-electron chi connectivity index (χ4n) is 1.83. The van der Waals surface area contributed by atoms with Crippen molar-refractivity contribution in [2.24, 2.45) is 5.92 Å². The molecular weight excluding hydrogens is 158 g/mol. The SMILES string of the molecule is CC1=CC(C)CNc2ccccc21. The molecule has 1 aromatic rings. The Kier molecular flexibility index (Phi) is 2.09. The molecule has 68 valence electrons. The number of allylic oxidation sites excluding steroid dienone is 1. The summed E-state index contributed by atoms with van der Waals surface area (Å²) >= 11 is 0. The first kappa shape index (κ1) is 8.36. The molecule has 13 heavy (non-hydrogen) atoms. The monoisotopic (exact) mass is 173 g/mol. The predicted molar refractivity (Wildman–Crippen MR) is 57.7 cm³/mol. The summed E-state index contributed by atoms with van der Waals surface area (Å²) in [6, 6.07) is 8.49. The van der Waals surface area contributed by atoms with Gasteiger partial charge in [0.25, 0.3) is 0 Å². The van der Waals surface area contributed by atoms with Crippen LogP contribution in [0, 0.1) is 5.92 Å². The molecule has 1 aromatic carbocycles. The lowest BCUT2D eigenvalue weighted by atomic mass is 10.0. The standard InChI is InChI=1S/C12H15N/c1-9-7-10(2)11-5-3-4-6-12(11)13-8-9/h3-7,9,13H,8H2,1-2H3. The summed E-state index contributed by atoms with van der Waals surface area (Å²) in [4.78, 5) is 0. The van der Waals surface area contributed by atoms with E-state index in [4.69, 9.17) is 0 Å². The van der Waals surface area contributed by atoms with Crippen molar-refractivity contribution in [3.05, 3.63) is 35.9 Å².